The lowest BCUT2D eigenvalue weighted by Crippen LogP contribution is -2.20. The van der Waals surface area contributed by atoms with Gasteiger partial charge >= 0.3 is 5.97 Å². The minimum Gasteiger partial charge on any atom is -0.508 e. The number of hydrogen-bond donors (Lipinski definition) is 2. The number of benzene rings is 2. The topological polar surface area (TPSA) is 57.5 Å². The zero-order valence-corrected chi connectivity index (χ0v) is 12.9. The molecule has 0 fully saturated rings. The van der Waals surface area contributed by atoms with Gasteiger partial charge < -0.3 is 10.2 Å². The van der Waals surface area contributed by atoms with Crippen LogP contribution in [0.4, 0.5) is 0 Å². The summed E-state index contributed by atoms with van der Waals surface area (Å²) in [7, 11) is 0. The fourth-order valence-electron chi connectivity index (χ4n) is 2.33. The molecule has 0 bridgehead atoms. The number of thiocarbonyl (C=S) groups is 1. The van der Waals surface area contributed by atoms with Gasteiger partial charge in [0, 0.05) is 6.42 Å². The molecule has 2 aromatic carbocycles. The first-order valence-electron chi connectivity index (χ1n) is 7.11. The van der Waals surface area contributed by atoms with Crippen LogP contribution in [0.25, 0.3) is 0 Å². The average Bonchev–Trinajstić information content (AvgIpc) is 2.49. The van der Waals surface area contributed by atoms with E-state index in [1.54, 1.807) is 24.3 Å². The summed E-state index contributed by atoms with van der Waals surface area (Å²) in [6.45, 7) is 0. The number of phenolic OH excluding ortho intramolecular Hbond substituents is 1. The van der Waals surface area contributed by atoms with Crippen LogP contribution >= 0.6 is 12.2 Å². The first-order valence-corrected chi connectivity index (χ1v) is 7.52. The van der Waals surface area contributed by atoms with Crippen molar-refractivity contribution in [3.63, 3.8) is 0 Å². The van der Waals surface area contributed by atoms with E-state index >= 15 is 0 Å². The van der Waals surface area contributed by atoms with Crippen molar-refractivity contribution < 1.29 is 15.0 Å². The molecule has 0 aliphatic rings. The summed E-state index contributed by atoms with van der Waals surface area (Å²) in [5.74, 6) is -1.21. The monoisotopic (exact) mass is 314 g/mol. The first kappa shape index (κ1) is 16.2. The predicted molar refractivity (Wildman–Crippen MR) is 90.3 cm³/mol. The Kier molecular flexibility index (Phi) is 5.67. The van der Waals surface area contributed by atoms with Gasteiger partial charge in [0.1, 0.15) is 5.75 Å². The Balaban J connectivity index is 1.98. The number of rotatable bonds is 7. The van der Waals surface area contributed by atoms with Crippen molar-refractivity contribution in [2.45, 2.75) is 19.3 Å². The maximum absolute atomic E-state index is 11.4. The van der Waals surface area contributed by atoms with Crippen LogP contribution in [0.5, 0.6) is 5.75 Å². The minimum atomic E-state index is -0.844. The van der Waals surface area contributed by atoms with Crippen LogP contribution in [0.1, 0.15) is 17.5 Å². The van der Waals surface area contributed by atoms with Gasteiger partial charge in [-0.1, -0.05) is 54.7 Å². The van der Waals surface area contributed by atoms with Crippen LogP contribution in [0.15, 0.2) is 54.6 Å². The maximum atomic E-state index is 11.4. The number of carboxylic acids is 1. The molecule has 0 spiro atoms. The van der Waals surface area contributed by atoms with E-state index in [2.05, 4.69) is 0 Å². The maximum Gasteiger partial charge on any atom is 0.307 e. The SMILES string of the molecule is O=C(O)C(CC(=S)Cc1ccccc1)Cc1ccc(O)cc1. The van der Waals surface area contributed by atoms with Crippen LogP contribution < -0.4 is 0 Å². The van der Waals surface area contributed by atoms with E-state index in [9.17, 15) is 15.0 Å². The van der Waals surface area contributed by atoms with Crippen molar-refractivity contribution in [1.29, 1.82) is 0 Å². The van der Waals surface area contributed by atoms with Crippen LogP contribution in [-0.4, -0.2) is 21.0 Å². The predicted octanol–water partition coefficient (Wildman–Crippen LogP) is 3.64. The molecule has 0 amide bonds. The first-order chi connectivity index (χ1) is 10.5. The van der Waals surface area contributed by atoms with Gasteiger partial charge in [0.2, 0.25) is 0 Å². The molecule has 1 unspecified atom stereocenters. The molecular weight excluding hydrogens is 296 g/mol. The van der Waals surface area contributed by atoms with Gasteiger partial charge in [-0.05, 0) is 41.0 Å². The van der Waals surface area contributed by atoms with E-state index in [1.165, 1.54) is 0 Å². The molecule has 114 valence electrons. The highest BCUT2D eigenvalue weighted by atomic mass is 32.1. The molecular formula is C18H18O3S. The van der Waals surface area contributed by atoms with E-state index < -0.39 is 11.9 Å². The van der Waals surface area contributed by atoms with E-state index in [-0.39, 0.29) is 5.75 Å². The highest BCUT2D eigenvalue weighted by molar-refractivity contribution is 7.80. The molecule has 0 saturated heterocycles. The fourth-order valence-corrected chi connectivity index (χ4v) is 2.70. The van der Waals surface area contributed by atoms with Crippen LogP contribution in [0, 0.1) is 5.92 Å². The number of carboxylic acid groups (broad SMARTS) is 1. The van der Waals surface area contributed by atoms with Gasteiger partial charge in [0.05, 0.1) is 5.92 Å². The summed E-state index contributed by atoms with van der Waals surface area (Å²) in [5.41, 5.74) is 1.98. The summed E-state index contributed by atoms with van der Waals surface area (Å²) >= 11 is 5.37. The molecule has 0 radical (unpaired) electrons. The molecule has 0 aliphatic heterocycles. The molecule has 2 rings (SSSR count). The van der Waals surface area contributed by atoms with Crippen molar-refractivity contribution in [3.8, 4) is 5.75 Å². The van der Waals surface area contributed by atoms with Crippen LogP contribution in [0.3, 0.4) is 0 Å². The Morgan fingerprint density at radius 2 is 1.64 bits per heavy atom. The summed E-state index contributed by atoms with van der Waals surface area (Å²) in [4.78, 5) is 12.2. The van der Waals surface area contributed by atoms with Gasteiger partial charge in [-0.3, -0.25) is 4.79 Å². The summed E-state index contributed by atoms with van der Waals surface area (Å²) in [5, 5.41) is 18.7. The number of carbonyl (C=O) groups is 1. The molecule has 22 heavy (non-hydrogen) atoms. The molecule has 0 aliphatic carbocycles. The third-order valence-electron chi connectivity index (χ3n) is 3.49. The Bertz CT molecular complexity index is 635. The molecule has 4 heteroatoms. The number of hydrogen-bond acceptors (Lipinski definition) is 3. The van der Waals surface area contributed by atoms with Gasteiger partial charge in [-0.25, -0.2) is 0 Å². The minimum absolute atomic E-state index is 0.176. The molecule has 0 saturated carbocycles. The average molecular weight is 314 g/mol. The zero-order valence-electron chi connectivity index (χ0n) is 12.1. The third kappa shape index (κ3) is 4.97. The third-order valence-corrected chi connectivity index (χ3v) is 3.80. The largest absolute Gasteiger partial charge is 0.508 e. The fraction of sp³-hybridized carbons (Fsp3) is 0.222. The molecule has 1 atom stereocenters. The number of aliphatic carboxylic acids is 1. The highest BCUT2D eigenvalue weighted by Gasteiger charge is 2.20. The normalized spacial score (nSPS) is 11.8. The van der Waals surface area contributed by atoms with Gasteiger partial charge in [0.15, 0.2) is 0 Å². The lowest BCUT2D eigenvalue weighted by atomic mass is 9.93. The Morgan fingerprint density at radius 3 is 2.23 bits per heavy atom. The lowest BCUT2D eigenvalue weighted by molar-refractivity contribution is -0.141. The second-order valence-electron chi connectivity index (χ2n) is 5.31. The van der Waals surface area contributed by atoms with E-state index in [1.807, 2.05) is 30.3 Å². The molecule has 0 heterocycles. The smallest absolute Gasteiger partial charge is 0.307 e. The summed E-state index contributed by atoms with van der Waals surface area (Å²) in [6.07, 6.45) is 1.40. The van der Waals surface area contributed by atoms with E-state index in [4.69, 9.17) is 12.2 Å². The van der Waals surface area contributed by atoms with Gasteiger partial charge in [0.25, 0.3) is 0 Å². The molecule has 2 N–H and O–H groups in total. The molecule has 3 nitrogen and oxygen atoms in total. The van der Waals surface area contributed by atoms with E-state index in [0.717, 1.165) is 16.0 Å². The number of aromatic hydroxyl groups is 1. The van der Waals surface area contributed by atoms with Gasteiger partial charge in [-0.15, -0.1) is 0 Å². The Morgan fingerprint density at radius 1 is 1.00 bits per heavy atom. The quantitative estimate of drug-likeness (QED) is 0.766. The van der Waals surface area contributed by atoms with Crippen molar-refractivity contribution in [3.05, 3.63) is 65.7 Å². The zero-order chi connectivity index (χ0) is 15.9. The lowest BCUT2D eigenvalue weighted by Gasteiger charge is -2.13. The van der Waals surface area contributed by atoms with Crippen molar-refractivity contribution in [2.75, 3.05) is 0 Å². The second kappa shape index (κ2) is 7.71. The Hall–Kier alpha value is -2.20. The summed E-state index contributed by atoms with van der Waals surface area (Å²) in [6, 6.07) is 16.4. The summed E-state index contributed by atoms with van der Waals surface area (Å²) < 4.78 is 0. The van der Waals surface area contributed by atoms with Crippen molar-refractivity contribution >= 4 is 23.1 Å². The van der Waals surface area contributed by atoms with Gasteiger partial charge in [-0.2, -0.15) is 0 Å². The van der Waals surface area contributed by atoms with E-state index in [0.29, 0.717) is 19.3 Å². The highest BCUT2D eigenvalue weighted by Crippen LogP contribution is 2.18. The van der Waals surface area contributed by atoms with Crippen LogP contribution in [-0.2, 0) is 17.6 Å². The van der Waals surface area contributed by atoms with Crippen molar-refractivity contribution in [1.82, 2.24) is 0 Å². The Labute approximate surface area is 135 Å². The standard InChI is InChI=1S/C18H18O3S/c19-16-8-6-14(7-9-16)10-15(18(20)21)12-17(22)11-13-4-2-1-3-5-13/h1-9,15,19H,10-12H2,(H,20,21). The molecule has 2 aromatic rings. The van der Waals surface area contributed by atoms with Crippen molar-refractivity contribution in [2.24, 2.45) is 5.92 Å². The molecule has 0 aromatic heterocycles. The second-order valence-corrected chi connectivity index (χ2v) is 5.89. The van der Waals surface area contributed by atoms with Crippen LogP contribution in [0.2, 0.25) is 0 Å². The number of phenols is 1.